The molecule has 1 atom stereocenters. The topological polar surface area (TPSA) is 58.6 Å². The van der Waals surface area contributed by atoms with Crippen molar-refractivity contribution >= 4 is 17.5 Å². The minimum absolute atomic E-state index is 0.0865. The van der Waals surface area contributed by atoms with Crippen molar-refractivity contribution in [3.63, 3.8) is 0 Å². The minimum atomic E-state index is -0.778. The number of aryl methyl sites for hydroxylation is 1. The summed E-state index contributed by atoms with van der Waals surface area (Å²) in [6.45, 7) is 1.99. The summed E-state index contributed by atoms with van der Waals surface area (Å²) < 4.78 is 5.39. The zero-order valence-electron chi connectivity index (χ0n) is 12.3. The first kappa shape index (κ1) is 16.3. The first-order chi connectivity index (χ1) is 10.5. The molecule has 2 N–H and O–H groups in total. The number of rotatable bonds is 6. The molecule has 2 aromatic carbocycles. The van der Waals surface area contributed by atoms with Crippen LogP contribution in [0.4, 0.5) is 0 Å². The van der Waals surface area contributed by atoms with Gasteiger partial charge in [-0.15, -0.1) is 0 Å². The third kappa shape index (κ3) is 5.06. The van der Waals surface area contributed by atoms with Crippen molar-refractivity contribution < 1.29 is 14.6 Å². The van der Waals surface area contributed by atoms with E-state index < -0.39 is 6.10 Å². The third-order valence-electron chi connectivity index (χ3n) is 3.11. The second-order valence-electron chi connectivity index (χ2n) is 4.98. The van der Waals surface area contributed by atoms with Gasteiger partial charge in [0, 0.05) is 11.6 Å². The van der Waals surface area contributed by atoms with E-state index >= 15 is 0 Å². The zero-order chi connectivity index (χ0) is 15.9. The fourth-order valence-electron chi connectivity index (χ4n) is 1.92. The molecule has 0 saturated carbocycles. The summed E-state index contributed by atoms with van der Waals surface area (Å²) in [6.07, 6.45) is -0.778. The smallest absolute Gasteiger partial charge is 0.258 e. The van der Waals surface area contributed by atoms with Crippen molar-refractivity contribution in [3.05, 3.63) is 64.7 Å². The number of carbonyl (C=O) groups is 1. The van der Waals surface area contributed by atoms with Crippen molar-refractivity contribution in [3.8, 4) is 5.75 Å². The van der Waals surface area contributed by atoms with Gasteiger partial charge in [-0.05, 0) is 42.3 Å². The van der Waals surface area contributed by atoms with Crippen molar-refractivity contribution in [2.75, 3.05) is 13.2 Å². The van der Waals surface area contributed by atoms with E-state index in [9.17, 15) is 9.90 Å². The van der Waals surface area contributed by atoms with Gasteiger partial charge in [-0.25, -0.2) is 0 Å². The van der Waals surface area contributed by atoms with Crippen molar-refractivity contribution in [1.82, 2.24) is 5.32 Å². The summed E-state index contributed by atoms with van der Waals surface area (Å²) in [5.41, 5.74) is 1.76. The Labute approximate surface area is 134 Å². The summed E-state index contributed by atoms with van der Waals surface area (Å²) in [5.74, 6) is 0.364. The third-order valence-corrected chi connectivity index (χ3v) is 3.36. The van der Waals surface area contributed by atoms with E-state index in [1.807, 2.05) is 25.1 Å². The molecule has 0 spiro atoms. The molecule has 1 unspecified atom stereocenters. The van der Waals surface area contributed by atoms with Gasteiger partial charge >= 0.3 is 0 Å². The highest BCUT2D eigenvalue weighted by molar-refractivity contribution is 6.30. The molecule has 0 fully saturated rings. The van der Waals surface area contributed by atoms with E-state index in [4.69, 9.17) is 16.3 Å². The lowest BCUT2D eigenvalue weighted by molar-refractivity contribution is -0.123. The van der Waals surface area contributed by atoms with Gasteiger partial charge in [-0.3, -0.25) is 4.79 Å². The number of benzene rings is 2. The zero-order valence-corrected chi connectivity index (χ0v) is 13.0. The van der Waals surface area contributed by atoms with Gasteiger partial charge in [-0.1, -0.05) is 35.9 Å². The van der Waals surface area contributed by atoms with Gasteiger partial charge in [0.15, 0.2) is 6.61 Å². The Balaban J connectivity index is 1.76. The SMILES string of the molecule is Cc1cccc(OCC(=O)NCC(O)c2ccc(Cl)cc2)c1. The molecule has 0 aromatic heterocycles. The summed E-state index contributed by atoms with van der Waals surface area (Å²) >= 11 is 5.79. The van der Waals surface area contributed by atoms with Crippen LogP contribution in [0.3, 0.4) is 0 Å². The number of amides is 1. The van der Waals surface area contributed by atoms with E-state index in [-0.39, 0.29) is 19.1 Å². The average molecular weight is 320 g/mol. The second-order valence-corrected chi connectivity index (χ2v) is 5.41. The number of aliphatic hydroxyl groups excluding tert-OH is 1. The molecule has 0 aliphatic heterocycles. The molecule has 4 nitrogen and oxygen atoms in total. The monoisotopic (exact) mass is 319 g/mol. The lowest BCUT2D eigenvalue weighted by Crippen LogP contribution is -2.32. The molecule has 0 bridgehead atoms. The number of halogens is 1. The predicted octanol–water partition coefficient (Wildman–Crippen LogP) is 2.88. The van der Waals surface area contributed by atoms with E-state index in [1.54, 1.807) is 30.3 Å². The van der Waals surface area contributed by atoms with E-state index in [1.165, 1.54) is 0 Å². The molecular formula is C17H18ClNO3. The van der Waals surface area contributed by atoms with Crippen LogP contribution in [0.2, 0.25) is 5.02 Å². The van der Waals surface area contributed by atoms with Crippen LogP contribution >= 0.6 is 11.6 Å². The number of hydrogen-bond acceptors (Lipinski definition) is 3. The number of ether oxygens (including phenoxy) is 1. The van der Waals surface area contributed by atoms with Crippen molar-refractivity contribution in [1.29, 1.82) is 0 Å². The molecule has 5 heteroatoms. The summed E-state index contributed by atoms with van der Waals surface area (Å²) in [4.78, 5) is 11.7. The molecule has 0 aliphatic rings. The first-order valence-electron chi connectivity index (χ1n) is 6.94. The average Bonchev–Trinajstić information content (AvgIpc) is 2.51. The number of carbonyl (C=O) groups excluding carboxylic acids is 1. The summed E-state index contributed by atoms with van der Waals surface area (Å²) in [7, 11) is 0. The molecule has 0 heterocycles. The molecule has 0 aliphatic carbocycles. The van der Waals surface area contributed by atoms with Crippen LogP contribution in [0.25, 0.3) is 0 Å². The Morgan fingerprint density at radius 3 is 2.68 bits per heavy atom. The Morgan fingerprint density at radius 1 is 1.27 bits per heavy atom. The molecule has 116 valence electrons. The Morgan fingerprint density at radius 2 is 2.00 bits per heavy atom. The Bertz CT molecular complexity index is 628. The number of aliphatic hydroxyl groups is 1. The van der Waals surface area contributed by atoms with Crippen LogP contribution in [-0.4, -0.2) is 24.2 Å². The highest BCUT2D eigenvalue weighted by atomic mass is 35.5. The van der Waals surface area contributed by atoms with Crippen LogP contribution in [0.15, 0.2) is 48.5 Å². The van der Waals surface area contributed by atoms with Crippen LogP contribution < -0.4 is 10.1 Å². The van der Waals surface area contributed by atoms with Gasteiger partial charge in [0.25, 0.3) is 5.91 Å². The predicted molar refractivity (Wildman–Crippen MR) is 86.1 cm³/mol. The molecular weight excluding hydrogens is 302 g/mol. The lowest BCUT2D eigenvalue weighted by Gasteiger charge is -2.13. The standard InChI is InChI=1S/C17H18ClNO3/c1-12-3-2-4-15(9-12)22-11-17(21)19-10-16(20)13-5-7-14(18)8-6-13/h2-9,16,20H,10-11H2,1H3,(H,19,21). The van der Waals surface area contributed by atoms with Crippen molar-refractivity contribution in [2.24, 2.45) is 0 Å². The first-order valence-corrected chi connectivity index (χ1v) is 7.32. The van der Waals surface area contributed by atoms with Crippen LogP contribution in [0.1, 0.15) is 17.2 Å². The van der Waals surface area contributed by atoms with Crippen LogP contribution in [0, 0.1) is 6.92 Å². The highest BCUT2D eigenvalue weighted by Crippen LogP contribution is 2.16. The molecule has 1 amide bonds. The fraction of sp³-hybridized carbons (Fsp3) is 0.235. The summed E-state index contributed by atoms with van der Waals surface area (Å²) in [6, 6.07) is 14.3. The molecule has 0 radical (unpaired) electrons. The molecule has 2 aromatic rings. The Kier molecular flexibility index (Phi) is 5.81. The maximum absolute atomic E-state index is 11.7. The van der Waals surface area contributed by atoms with Gasteiger partial charge in [0.05, 0.1) is 6.10 Å². The maximum atomic E-state index is 11.7. The van der Waals surface area contributed by atoms with Gasteiger partial charge in [0.2, 0.25) is 0 Å². The normalized spacial score (nSPS) is 11.8. The molecule has 22 heavy (non-hydrogen) atoms. The molecule has 2 rings (SSSR count). The van der Waals surface area contributed by atoms with E-state index in [0.717, 1.165) is 5.56 Å². The van der Waals surface area contributed by atoms with Crippen LogP contribution in [-0.2, 0) is 4.79 Å². The van der Waals surface area contributed by atoms with Gasteiger partial charge in [0.1, 0.15) is 5.75 Å². The highest BCUT2D eigenvalue weighted by Gasteiger charge is 2.10. The lowest BCUT2D eigenvalue weighted by atomic mass is 10.1. The molecule has 0 saturated heterocycles. The van der Waals surface area contributed by atoms with Gasteiger partial charge in [-0.2, -0.15) is 0 Å². The largest absolute Gasteiger partial charge is 0.484 e. The van der Waals surface area contributed by atoms with Crippen molar-refractivity contribution in [2.45, 2.75) is 13.0 Å². The fourth-order valence-corrected chi connectivity index (χ4v) is 2.04. The minimum Gasteiger partial charge on any atom is -0.484 e. The maximum Gasteiger partial charge on any atom is 0.258 e. The van der Waals surface area contributed by atoms with E-state index in [2.05, 4.69) is 5.32 Å². The Hall–Kier alpha value is -2.04. The summed E-state index contributed by atoms with van der Waals surface area (Å²) in [5, 5.41) is 13.2. The van der Waals surface area contributed by atoms with Gasteiger partial charge < -0.3 is 15.2 Å². The second kappa shape index (κ2) is 7.82. The number of hydrogen-bond donors (Lipinski definition) is 2. The van der Waals surface area contributed by atoms with Crippen LogP contribution in [0.5, 0.6) is 5.75 Å². The number of nitrogens with one attached hydrogen (secondary N) is 1. The van der Waals surface area contributed by atoms with E-state index in [0.29, 0.717) is 16.3 Å². The quantitative estimate of drug-likeness (QED) is 0.860.